The summed E-state index contributed by atoms with van der Waals surface area (Å²) in [5, 5.41) is 21.5. The first-order valence-electron chi connectivity index (χ1n) is 9.07. The van der Waals surface area contributed by atoms with Gasteiger partial charge in [0.05, 0.1) is 24.0 Å². The maximum Gasteiger partial charge on any atom is 0.323 e. The summed E-state index contributed by atoms with van der Waals surface area (Å²) in [5.41, 5.74) is 0.441. The number of hydrogen-bond donors (Lipinski definition) is 2. The minimum absolute atomic E-state index is 0.0101. The monoisotopic (exact) mass is 473 g/mol. The number of nitrogens with zero attached hydrogens (tertiary/aromatic N) is 5. The molecule has 0 fully saturated rings. The Bertz CT molecular complexity index is 1420. The molecule has 0 unspecified atom stereocenters. The minimum atomic E-state index is -4.01. The molecule has 2 aromatic carbocycles. The molecule has 0 spiro atoms. The lowest BCUT2D eigenvalue weighted by atomic mass is 10.2. The third-order valence-corrected chi connectivity index (χ3v) is 5.71. The number of benzene rings is 2. The fourth-order valence-electron chi connectivity index (χ4n) is 2.85. The highest BCUT2D eigenvalue weighted by molar-refractivity contribution is 7.92. The van der Waals surface area contributed by atoms with Gasteiger partial charge in [-0.3, -0.25) is 14.8 Å². The topological polar surface area (TPSA) is 184 Å². The molecule has 0 bridgehead atoms. The number of aromatic nitrogens is 4. The van der Waals surface area contributed by atoms with E-state index in [1.165, 1.54) is 56.7 Å². The van der Waals surface area contributed by atoms with Crippen molar-refractivity contribution in [2.75, 3.05) is 24.3 Å². The zero-order valence-corrected chi connectivity index (χ0v) is 17.9. The van der Waals surface area contributed by atoms with E-state index in [1.54, 1.807) is 0 Å². The van der Waals surface area contributed by atoms with Crippen LogP contribution in [0.3, 0.4) is 0 Å². The van der Waals surface area contributed by atoms with Gasteiger partial charge in [-0.25, -0.2) is 13.0 Å². The quantitative estimate of drug-likeness (QED) is 0.282. The van der Waals surface area contributed by atoms with E-state index in [4.69, 9.17) is 9.47 Å². The Balaban J connectivity index is 1.58. The molecule has 4 aromatic rings. The van der Waals surface area contributed by atoms with Gasteiger partial charge in [0.2, 0.25) is 11.4 Å². The van der Waals surface area contributed by atoms with E-state index in [0.717, 1.165) is 0 Å². The van der Waals surface area contributed by atoms with E-state index in [0.29, 0.717) is 5.69 Å². The van der Waals surface area contributed by atoms with Crippen molar-refractivity contribution in [2.45, 2.75) is 4.90 Å². The van der Waals surface area contributed by atoms with E-state index >= 15 is 0 Å². The molecular formula is C18H15N7O7S. The fraction of sp³-hybridized carbons (Fsp3) is 0.111. The standard InChI is InChI=1S/C18H15N7O7S/c1-30-15-9-14(20-18(21-15)31-2)24-33(28,29)11-5-3-10(4-6-11)19-13-8-7-12-16(23-32-22-12)17(13)25(26)27/h3-9,19H,1-2H3,(H,20,21,24). The van der Waals surface area contributed by atoms with Crippen LogP contribution >= 0.6 is 0 Å². The van der Waals surface area contributed by atoms with Gasteiger partial charge in [-0.1, -0.05) is 0 Å². The largest absolute Gasteiger partial charge is 0.481 e. The predicted molar refractivity (Wildman–Crippen MR) is 114 cm³/mol. The summed E-state index contributed by atoms with van der Waals surface area (Å²) in [7, 11) is -1.31. The number of rotatable bonds is 8. The van der Waals surface area contributed by atoms with Gasteiger partial charge >= 0.3 is 11.7 Å². The molecule has 4 rings (SSSR count). The van der Waals surface area contributed by atoms with Crippen molar-refractivity contribution in [3.05, 3.63) is 52.6 Å². The molecule has 0 aliphatic heterocycles. The summed E-state index contributed by atoms with van der Waals surface area (Å²) in [5.74, 6) is 0.0611. The molecule has 2 N–H and O–H groups in total. The number of nitrogens with one attached hydrogen (secondary N) is 2. The van der Waals surface area contributed by atoms with Crippen LogP contribution in [0.1, 0.15) is 0 Å². The average Bonchev–Trinajstić information content (AvgIpc) is 3.27. The molecule has 0 radical (unpaired) electrons. The van der Waals surface area contributed by atoms with Gasteiger partial charge < -0.3 is 14.8 Å². The van der Waals surface area contributed by atoms with Gasteiger partial charge in [-0.05, 0) is 46.7 Å². The van der Waals surface area contributed by atoms with Crippen molar-refractivity contribution in [1.82, 2.24) is 20.3 Å². The first-order chi connectivity index (χ1) is 15.8. The first-order valence-corrected chi connectivity index (χ1v) is 10.6. The molecular weight excluding hydrogens is 458 g/mol. The van der Waals surface area contributed by atoms with Crippen molar-refractivity contribution in [2.24, 2.45) is 0 Å². The van der Waals surface area contributed by atoms with Crippen LogP contribution < -0.4 is 19.5 Å². The van der Waals surface area contributed by atoms with Gasteiger partial charge in [-0.15, -0.1) is 0 Å². The average molecular weight is 473 g/mol. The third-order valence-electron chi connectivity index (χ3n) is 4.34. The van der Waals surface area contributed by atoms with E-state index < -0.39 is 14.9 Å². The summed E-state index contributed by atoms with van der Waals surface area (Å²) < 4.78 is 42.3. The predicted octanol–water partition coefficient (Wildman–Crippen LogP) is 2.48. The van der Waals surface area contributed by atoms with Crippen molar-refractivity contribution >= 4 is 43.9 Å². The molecule has 0 aliphatic rings. The lowest BCUT2D eigenvalue weighted by Gasteiger charge is -2.11. The Labute approximate surface area is 185 Å². The number of fused-ring (bicyclic) bond motifs is 1. The minimum Gasteiger partial charge on any atom is -0.481 e. The van der Waals surface area contributed by atoms with Gasteiger partial charge in [0.25, 0.3) is 10.0 Å². The number of ether oxygens (including phenoxy) is 2. The van der Waals surface area contributed by atoms with Crippen molar-refractivity contribution in [3.8, 4) is 11.9 Å². The number of methoxy groups -OCH3 is 2. The first kappa shape index (κ1) is 21.7. The summed E-state index contributed by atoms with van der Waals surface area (Å²) >= 11 is 0. The van der Waals surface area contributed by atoms with Gasteiger partial charge in [0.1, 0.15) is 11.2 Å². The molecule has 15 heteroatoms. The molecule has 0 amide bonds. The summed E-state index contributed by atoms with van der Waals surface area (Å²) in [6.07, 6.45) is 0. The van der Waals surface area contributed by atoms with Crippen molar-refractivity contribution in [1.29, 1.82) is 0 Å². The third kappa shape index (κ3) is 4.42. The van der Waals surface area contributed by atoms with Crippen LogP contribution in [0.2, 0.25) is 0 Å². The highest BCUT2D eigenvalue weighted by Gasteiger charge is 2.23. The molecule has 170 valence electrons. The second-order valence-corrected chi connectivity index (χ2v) is 8.07. The molecule has 33 heavy (non-hydrogen) atoms. The zero-order chi connectivity index (χ0) is 23.6. The zero-order valence-electron chi connectivity index (χ0n) is 17.0. The van der Waals surface area contributed by atoms with E-state index in [9.17, 15) is 18.5 Å². The number of nitro benzene ring substituents is 1. The van der Waals surface area contributed by atoms with Crippen LogP contribution in [-0.4, -0.2) is 47.8 Å². The number of sulfonamides is 1. The van der Waals surface area contributed by atoms with Gasteiger partial charge in [0.15, 0.2) is 5.82 Å². The maximum atomic E-state index is 12.7. The molecule has 0 saturated heterocycles. The molecule has 0 aliphatic carbocycles. The Hall–Kier alpha value is -4.53. The molecule has 0 saturated carbocycles. The number of anilines is 3. The van der Waals surface area contributed by atoms with Crippen LogP contribution in [0, 0.1) is 10.1 Å². The van der Waals surface area contributed by atoms with E-state index in [-0.39, 0.29) is 45.0 Å². The normalized spacial score (nSPS) is 11.2. The molecule has 2 aromatic heterocycles. The SMILES string of the molecule is COc1cc(NS(=O)(=O)c2ccc(Nc3ccc4nonc4c3[N+](=O)[O-])cc2)nc(OC)n1. The van der Waals surface area contributed by atoms with Crippen LogP contribution in [0.15, 0.2) is 52.0 Å². The Kier molecular flexibility index (Phi) is 5.61. The molecule has 14 nitrogen and oxygen atoms in total. The van der Waals surface area contributed by atoms with Crippen LogP contribution in [0.25, 0.3) is 11.0 Å². The summed E-state index contributed by atoms with van der Waals surface area (Å²) in [6.45, 7) is 0. The van der Waals surface area contributed by atoms with Crippen LogP contribution in [0.5, 0.6) is 11.9 Å². The van der Waals surface area contributed by atoms with Gasteiger partial charge in [0, 0.05) is 11.8 Å². The molecule has 2 heterocycles. The van der Waals surface area contributed by atoms with Crippen LogP contribution in [-0.2, 0) is 10.0 Å². The second-order valence-electron chi connectivity index (χ2n) is 6.39. The smallest absolute Gasteiger partial charge is 0.323 e. The lowest BCUT2D eigenvalue weighted by molar-refractivity contribution is -0.382. The summed E-state index contributed by atoms with van der Waals surface area (Å²) in [6, 6.07) is 9.72. The van der Waals surface area contributed by atoms with Crippen molar-refractivity contribution < 1.29 is 27.4 Å². The maximum absolute atomic E-state index is 12.7. The van der Waals surface area contributed by atoms with E-state index in [2.05, 4.69) is 34.9 Å². The Morgan fingerprint density at radius 1 is 1.03 bits per heavy atom. The highest BCUT2D eigenvalue weighted by Crippen LogP contribution is 2.33. The Morgan fingerprint density at radius 2 is 1.79 bits per heavy atom. The van der Waals surface area contributed by atoms with Crippen LogP contribution in [0.4, 0.5) is 22.9 Å². The number of hydrogen-bond acceptors (Lipinski definition) is 12. The molecule has 0 atom stereocenters. The van der Waals surface area contributed by atoms with E-state index in [1.807, 2.05) is 0 Å². The van der Waals surface area contributed by atoms with Gasteiger partial charge in [-0.2, -0.15) is 9.97 Å². The second kappa shape index (κ2) is 8.54. The lowest BCUT2D eigenvalue weighted by Crippen LogP contribution is -2.14. The summed E-state index contributed by atoms with van der Waals surface area (Å²) in [4.78, 5) is 18.7. The Morgan fingerprint density at radius 3 is 2.45 bits per heavy atom. The van der Waals surface area contributed by atoms with Crippen molar-refractivity contribution in [3.63, 3.8) is 0 Å². The highest BCUT2D eigenvalue weighted by atomic mass is 32.2. The fourth-order valence-corrected chi connectivity index (χ4v) is 3.84. The number of nitro groups is 1.